The molecule has 9 heteroatoms. The summed E-state index contributed by atoms with van der Waals surface area (Å²) in [5.74, 6) is 1.94. The molecular weight excluding hydrogens is 323 g/mol. The number of nitrogens with zero attached hydrogens (tertiary/aromatic N) is 2. The van der Waals surface area contributed by atoms with Crippen LogP contribution >= 0.6 is 0 Å². The fourth-order valence-corrected chi connectivity index (χ4v) is 0.688. The van der Waals surface area contributed by atoms with Crippen molar-refractivity contribution in [1.29, 1.82) is 0 Å². The minimum absolute atomic E-state index is 0. The number of hydrogen-bond acceptors (Lipinski definition) is 6. The molecule has 0 aliphatic rings. The Labute approximate surface area is 134 Å². The summed E-state index contributed by atoms with van der Waals surface area (Å²) in [6.45, 7) is 6.39. The molecule has 0 aliphatic heterocycles. The van der Waals surface area contributed by atoms with E-state index < -0.39 is 12.6 Å². The molecule has 0 bridgehead atoms. The zero-order chi connectivity index (χ0) is 16.0. The number of aryl methyl sites for hydroxylation is 2. The molecule has 0 fully saturated rings. The molecule has 0 spiro atoms. The zero-order valence-electron chi connectivity index (χ0n) is 12.5. The molecule has 21 heavy (non-hydrogen) atoms. The third-order valence-corrected chi connectivity index (χ3v) is 1.27. The maximum absolute atomic E-state index is 7.61. The van der Waals surface area contributed by atoms with Crippen molar-refractivity contribution in [2.45, 2.75) is 40.3 Å². The summed E-state index contributed by atoms with van der Waals surface area (Å²) in [4.78, 5) is 13.5. The average Bonchev–Trinajstić information content (AvgIpc) is 2.91. The van der Waals surface area contributed by atoms with E-state index in [0.717, 1.165) is 11.6 Å². The number of nitrogens with one attached hydrogen (secondary N) is 2. The topological polar surface area (TPSA) is 138 Å². The summed E-state index contributed by atoms with van der Waals surface area (Å²) in [6.07, 6.45) is 4.73. The minimum Gasteiger partial charge on any atom is -0.368 e. The van der Waals surface area contributed by atoms with Crippen molar-refractivity contribution in [3.63, 3.8) is 0 Å². The number of imidazole rings is 2. The van der Waals surface area contributed by atoms with E-state index in [0.29, 0.717) is 0 Å². The SMILES string of the molecule is CC(O)O.CC(O)O.Cc1ncc[nH]1.Cc1ncc[nH]1.[Co]. The van der Waals surface area contributed by atoms with Crippen LogP contribution in [0.4, 0.5) is 0 Å². The van der Waals surface area contributed by atoms with Crippen LogP contribution in [0.2, 0.25) is 0 Å². The molecule has 2 aromatic heterocycles. The van der Waals surface area contributed by atoms with Crippen LogP contribution in [-0.2, 0) is 16.8 Å². The van der Waals surface area contributed by atoms with Gasteiger partial charge in [-0.3, -0.25) is 0 Å². The predicted molar refractivity (Wildman–Crippen MR) is 74.4 cm³/mol. The van der Waals surface area contributed by atoms with Gasteiger partial charge in [-0.05, 0) is 27.7 Å². The first-order valence-corrected chi connectivity index (χ1v) is 5.90. The predicted octanol–water partition coefficient (Wildman–Crippen LogP) is 0.0677. The molecule has 1 radical (unpaired) electrons. The Morgan fingerprint density at radius 1 is 0.810 bits per heavy atom. The van der Waals surface area contributed by atoms with Gasteiger partial charge in [-0.25, -0.2) is 9.97 Å². The summed E-state index contributed by atoms with van der Waals surface area (Å²) in [5, 5.41) is 30.4. The third-order valence-electron chi connectivity index (χ3n) is 1.27. The zero-order valence-corrected chi connectivity index (χ0v) is 13.5. The van der Waals surface area contributed by atoms with Crippen LogP contribution in [-0.4, -0.2) is 52.9 Å². The second kappa shape index (κ2) is 16.8. The van der Waals surface area contributed by atoms with E-state index >= 15 is 0 Å². The van der Waals surface area contributed by atoms with Gasteiger partial charge in [0.1, 0.15) is 24.2 Å². The Hall–Kier alpha value is -1.23. The number of rotatable bonds is 0. The summed E-state index contributed by atoms with van der Waals surface area (Å²) in [6, 6.07) is 0. The van der Waals surface area contributed by atoms with E-state index in [1.165, 1.54) is 13.8 Å². The van der Waals surface area contributed by atoms with Crippen LogP contribution in [0.15, 0.2) is 24.8 Å². The fraction of sp³-hybridized carbons (Fsp3) is 0.500. The van der Waals surface area contributed by atoms with E-state index in [1.807, 2.05) is 13.8 Å². The molecular formula is C12H24CoN4O4. The van der Waals surface area contributed by atoms with Gasteiger partial charge in [0, 0.05) is 41.6 Å². The molecule has 2 aromatic rings. The molecule has 6 N–H and O–H groups in total. The molecule has 0 aliphatic carbocycles. The van der Waals surface area contributed by atoms with Crippen molar-refractivity contribution in [2.24, 2.45) is 0 Å². The van der Waals surface area contributed by atoms with Crippen molar-refractivity contribution in [3.8, 4) is 0 Å². The van der Waals surface area contributed by atoms with Gasteiger partial charge >= 0.3 is 0 Å². The van der Waals surface area contributed by atoms with Crippen molar-refractivity contribution < 1.29 is 37.2 Å². The summed E-state index contributed by atoms with van der Waals surface area (Å²) >= 11 is 0. The fourth-order valence-electron chi connectivity index (χ4n) is 0.688. The molecule has 2 heterocycles. The van der Waals surface area contributed by atoms with Crippen molar-refractivity contribution in [2.75, 3.05) is 0 Å². The first kappa shape index (κ1) is 24.8. The Morgan fingerprint density at radius 3 is 1.10 bits per heavy atom. The minimum atomic E-state index is -1.17. The maximum atomic E-state index is 7.61. The van der Waals surface area contributed by atoms with Gasteiger partial charge in [-0.2, -0.15) is 0 Å². The number of aromatic amines is 2. The van der Waals surface area contributed by atoms with E-state index in [2.05, 4.69) is 19.9 Å². The third kappa shape index (κ3) is 32.4. The van der Waals surface area contributed by atoms with Gasteiger partial charge in [0.15, 0.2) is 0 Å². The Balaban J connectivity index is -0.000000208. The second-order valence-corrected chi connectivity index (χ2v) is 3.61. The van der Waals surface area contributed by atoms with Gasteiger partial charge in [0.05, 0.1) is 0 Å². The van der Waals surface area contributed by atoms with Crippen LogP contribution in [0.1, 0.15) is 25.5 Å². The van der Waals surface area contributed by atoms with Gasteiger partial charge < -0.3 is 30.4 Å². The second-order valence-electron chi connectivity index (χ2n) is 3.61. The van der Waals surface area contributed by atoms with Crippen molar-refractivity contribution in [1.82, 2.24) is 19.9 Å². The Bertz CT molecular complexity index is 336. The van der Waals surface area contributed by atoms with Crippen LogP contribution in [0.5, 0.6) is 0 Å². The van der Waals surface area contributed by atoms with E-state index in [4.69, 9.17) is 20.4 Å². The van der Waals surface area contributed by atoms with Gasteiger partial charge in [0.25, 0.3) is 0 Å². The number of H-pyrrole nitrogens is 2. The molecule has 0 aromatic carbocycles. The first-order valence-electron chi connectivity index (χ1n) is 5.90. The molecule has 8 nitrogen and oxygen atoms in total. The number of aromatic nitrogens is 4. The quantitative estimate of drug-likeness (QED) is 0.373. The summed E-state index contributed by atoms with van der Waals surface area (Å²) in [7, 11) is 0. The van der Waals surface area contributed by atoms with Crippen LogP contribution < -0.4 is 0 Å². The van der Waals surface area contributed by atoms with Crippen LogP contribution in [0.3, 0.4) is 0 Å². The number of aliphatic hydroxyl groups is 4. The average molecular weight is 347 g/mol. The van der Waals surface area contributed by atoms with Gasteiger partial charge in [-0.1, -0.05) is 0 Å². The molecule has 0 atom stereocenters. The monoisotopic (exact) mass is 347 g/mol. The smallest absolute Gasteiger partial charge is 0.148 e. The Kier molecular flexibility index (Phi) is 19.8. The van der Waals surface area contributed by atoms with Crippen LogP contribution in [0.25, 0.3) is 0 Å². The molecule has 2 rings (SSSR count). The normalized spacial score (nSPS) is 8.48. The largest absolute Gasteiger partial charge is 0.368 e. The van der Waals surface area contributed by atoms with Crippen molar-refractivity contribution >= 4 is 0 Å². The van der Waals surface area contributed by atoms with E-state index in [1.54, 1.807) is 24.8 Å². The van der Waals surface area contributed by atoms with Gasteiger partial charge in [0.2, 0.25) is 0 Å². The molecule has 0 saturated carbocycles. The van der Waals surface area contributed by atoms with Crippen LogP contribution in [0, 0.1) is 13.8 Å². The number of aliphatic hydroxyl groups excluding tert-OH is 2. The molecule has 0 saturated heterocycles. The van der Waals surface area contributed by atoms with E-state index in [-0.39, 0.29) is 16.8 Å². The summed E-state index contributed by atoms with van der Waals surface area (Å²) < 4.78 is 0. The molecule has 125 valence electrons. The number of hydrogen-bond donors (Lipinski definition) is 6. The standard InChI is InChI=1S/2C4H6N2.2C2H6O2.Co/c2*1-4-5-2-3-6-4;2*1-2(3)4;/h2*2-3H,1H3,(H,5,6);2*2-4H,1H3;. The molecule has 0 unspecified atom stereocenters. The van der Waals surface area contributed by atoms with E-state index in [9.17, 15) is 0 Å². The summed E-state index contributed by atoms with van der Waals surface area (Å²) in [5.41, 5.74) is 0. The van der Waals surface area contributed by atoms with Gasteiger partial charge in [-0.15, -0.1) is 0 Å². The Morgan fingerprint density at radius 2 is 1.05 bits per heavy atom. The molecule has 0 amide bonds. The first-order chi connectivity index (χ1) is 9.25. The van der Waals surface area contributed by atoms with Crippen molar-refractivity contribution in [3.05, 3.63) is 36.4 Å². The maximum Gasteiger partial charge on any atom is 0.148 e.